The summed E-state index contributed by atoms with van der Waals surface area (Å²) in [6.07, 6.45) is 0. The molecule has 0 fully saturated rings. The van der Waals surface area contributed by atoms with Crippen LogP contribution in [0.4, 0.5) is 5.69 Å². The Morgan fingerprint density at radius 2 is 1.92 bits per heavy atom. The van der Waals surface area contributed by atoms with Crippen LogP contribution in [0.3, 0.4) is 0 Å². The smallest absolute Gasteiger partial charge is 0.169 e. The number of rotatable bonds is 2. The van der Waals surface area contributed by atoms with Gasteiger partial charge in [0.1, 0.15) is 0 Å². The fourth-order valence-corrected chi connectivity index (χ4v) is 1.26. The summed E-state index contributed by atoms with van der Waals surface area (Å²) >= 11 is 0. The van der Waals surface area contributed by atoms with Crippen LogP contribution in [0.25, 0.3) is 5.57 Å². The van der Waals surface area contributed by atoms with Gasteiger partial charge in [0.05, 0.1) is 0 Å². The molecule has 0 aliphatic rings. The maximum atomic E-state index is 5.79. The van der Waals surface area contributed by atoms with E-state index in [4.69, 9.17) is 5.73 Å². The molecule has 1 rings (SSSR count). The monoisotopic (exact) mass is 173 g/mol. The number of allylic oxidation sites excluding steroid dienone is 1. The third-order valence-corrected chi connectivity index (χ3v) is 2.14. The third kappa shape index (κ3) is 2.38. The molecule has 0 radical (unpaired) electrons. The molecule has 0 saturated carbocycles. The normalized spacial score (nSPS) is 9.77. The van der Waals surface area contributed by atoms with Crippen molar-refractivity contribution in [2.75, 3.05) is 5.73 Å². The number of benzene rings is 1. The van der Waals surface area contributed by atoms with Gasteiger partial charge >= 0.3 is 0 Å². The fourth-order valence-electron chi connectivity index (χ4n) is 1.26. The summed E-state index contributed by atoms with van der Waals surface area (Å²) in [6.45, 7) is 10.8. The van der Waals surface area contributed by atoms with Crippen LogP contribution in [0.15, 0.2) is 24.8 Å². The minimum absolute atomic E-state index is 0.515. The van der Waals surface area contributed by atoms with Crippen LogP contribution in [0.2, 0.25) is 13.6 Å². The molecular weight excluding hydrogens is 157 g/mol. The van der Waals surface area contributed by atoms with Crippen molar-refractivity contribution in [3.8, 4) is 0 Å². The van der Waals surface area contributed by atoms with E-state index in [-0.39, 0.29) is 0 Å². The van der Waals surface area contributed by atoms with E-state index < -0.39 is 0 Å². The highest BCUT2D eigenvalue weighted by Gasteiger charge is 2.05. The summed E-state index contributed by atoms with van der Waals surface area (Å²) in [6, 6.07) is 6.15. The molecule has 1 nitrogen and oxygen atoms in total. The van der Waals surface area contributed by atoms with Crippen LogP contribution in [-0.4, -0.2) is 6.71 Å². The van der Waals surface area contributed by atoms with Crippen LogP contribution >= 0.6 is 0 Å². The van der Waals surface area contributed by atoms with E-state index in [0.717, 1.165) is 16.8 Å². The number of nitrogens with two attached hydrogens (primary N) is 1. The molecule has 68 valence electrons. The summed E-state index contributed by atoms with van der Waals surface area (Å²) in [5.74, 6) is 0. The van der Waals surface area contributed by atoms with Crippen molar-refractivity contribution in [1.29, 1.82) is 0 Å². The minimum atomic E-state index is 0.515. The maximum absolute atomic E-state index is 5.79. The van der Waals surface area contributed by atoms with Crippen LogP contribution in [-0.2, 0) is 0 Å². The predicted octanol–water partition coefficient (Wildman–Crippen LogP) is 2.26. The Hall–Kier alpha value is -1.18. The lowest BCUT2D eigenvalue weighted by molar-refractivity contribution is 1.59. The first-order valence-electron chi connectivity index (χ1n) is 4.57. The van der Waals surface area contributed by atoms with Gasteiger partial charge < -0.3 is 5.73 Å². The molecular formula is C11H16BN. The zero-order chi connectivity index (χ0) is 10.0. The highest BCUT2D eigenvalue weighted by Crippen LogP contribution is 2.13. The lowest BCUT2D eigenvalue weighted by Gasteiger charge is -2.08. The molecule has 0 atom stereocenters. The van der Waals surface area contributed by atoms with Gasteiger partial charge in [-0.15, -0.1) is 0 Å². The van der Waals surface area contributed by atoms with Crippen LogP contribution in [0, 0.1) is 0 Å². The molecule has 0 aromatic heterocycles. The molecule has 0 unspecified atom stereocenters. The SMILES string of the molecule is C=C(C)c1cc(N)cc(B(C)C)c1. The molecule has 0 aliphatic carbocycles. The first kappa shape index (κ1) is 9.91. The van der Waals surface area contributed by atoms with Gasteiger partial charge in [-0.3, -0.25) is 0 Å². The van der Waals surface area contributed by atoms with Crippen LogP contribution < -0.4 is 11.2 Å². The first-order valence-corrected chi connectivity index (χ1v) is 4.57. The quantitative estimate of drug-likeness (QED) is 0.538. The molecule has 1 aromatic carbocycles. The summed E-state index contributed by atoms with van der Waals surface area (Å²) in [5.41, 5.74) is 10.1. The number of hydrogen-bond donors (Lipinski definition) is 1. The van der Waals surface area contributed by atoms with E-state index >= 15 is 0 Å². The average Bonchev–Trinajstić information content (AvgIpc) is 2.03. The Morgan fingerprint density at radius 1 is 1.31 bits per heavy atom. The molecule has 0 spiro atoms. The fraction of sp³-hybridized carbons (Fsp3) is 0.273. The lowest BCUT2D eigenvalue weighted by Crippen LogP contribution is -2.23. The third-order valence-electron chi connectivity index (χ3n) is 2.14. The second-order valence-corrected chi connectivity index (χ2v) is 3.82. The molecule has 2 heteroatoms. The molecule has 2 N–H and O–H groups in total. The van der Waals surface area contributed by atoms with Gasteiger partial charge in [0.2, 0.25) is 0 Å². The summed E-state index contributed by atoms with van der Waals surface area (Å²) in [5, 5.41) is 0. The van der Waals surface area contributed by atoms with Crippen LogP contribution in [0.5, 0.6) is 0 Å². The van der Waals surface area contributed by atoms with Crippen molar-refractivity contribution in [2.24, 2.45) is 0 Å². The van der Waals surface area contributed by atoms with Crippen molar-refractivity contribution < 1.29 is 0 Å². The van der Waals surface area contributed by atoms with Crippen LogP contribution in [0.1, 0.15) is 12.5 Å². The zero-order valence-electron chi connectivity index (χ0n) is 8.59. The average molecular weight is 173 g/mol. The molecule has 13 heavy (non-hydrogen) atoms. The predicted molar refractivity (Wildman–Crippen MR) is 62.7 cm³/mol. The number of hydrogen-bond acceptors (Lipinski definition) is 1. The van der Waals surface area contributed by atoms with Crippen molar-refractivity contribution in [1.82, 2.24) is 0 Å². The zero-order valence-corrected chi connectivity index (χ0v) is 8.59. The Labute approximate surface area is 80.7 Å². The van der Waals surface area contributed by atoms with E-state index in [1.165, 1.54) is 5.46 Å². The largest absolute Gasteiger partial charge is 0.399 e. The van der Waals surface area contributed by atoms with Crippen molar-refractivity contribution in [3.63, 3.8) is 0 Å². The van der Waals surface area contributed by atoms with Gasteiger partial charge in [-0.2, -0.15) is 0 Å². The minimum Gasteiger partial charge on any atom is -0.399 e. The van der Waals surface area contributed by atoms with Gasteiger partial charge in [-0.05, 0) is 24.6 Å². The Kier molecular flexibility index (Phi) is 2.81. The number of nitrogen functional groups attached to an aromatic ring is 1. The first-order chi connectivity index (χ1) is 6.00. The van der Waals surface area contributed by atoms with Gasteiger partial charge in [-0.25, -0.2) is 0 Å². The topological polar surface area (TPSA) is 26.0 Å². The Bertz CT molecular complexity index is 329. The standard InChI is InChI=1S/C11H16BN/c1-8(2)9-5-10(12(3)4)7-11(13)6-9/h5-7H,1,13H2,2-4H3. The Morgan fingerprint density at radius 3 is 2.38 bits per heavy atom. The highest BCUT2D eigenvalue weighted by molar-refractivity contribution is 6.70. The molecule has 0 bridgehead atoms. The van der Waals surface area contributed by atoms with E-state index in [1.807, 2.05) is 19.1 Å². The van der Waals surface area contributed by atoms with E-state index in [0.29, 0.717) is 6.71 Å². The Balaban J connectivity index is 3.19. The second-order valence-electron chi connectivity index (χ2n) is 3.82. The van der Waals surface area contributed by atoms with E-state index in [2.05, 4.69) is 26.3 Å². The number of anilines is 1. The van der Waals surface area contributed by atoms with Gasteiger partial charge in [0.25, 0.3) is 0 Å². The summed E-state index contributed by atoms with van der Waals surface area (Å²) in [7, 11) is 0. The molecule has 0 heterocycles. The molecule has 0 amide bonds. The summed E-state index contributed by atoms with van der Waals surface area (Å²) in [4.78, 5) is 0. The van der Waals surface area contributed by atoms with E-state index in [1.54, 1.807) is 0 Å². The van der Waals surface area contributed by atoms with Crippen molar-refractivity contribution in [2.45, 2.75) is 20.6 Å². The molecule has 0 aliphatic heterocycles. The molecule has 0 saturated heterocycles. The van der Waals surface area contributed by atoms with Gasteiger partial charge in [-0.1, -0.05) is 37.3 Å². The second kappa shape index (κ2) is 3.69. The van der Waals surface area contributed by atoms with Gasteiger partial charge in [0.15, 0.2) is 6.71 Å². The van der Waals surface area contributed by atoms with Gasteiger partial charge in [0, 0.05) is 5.69 Å². The van der Waals surface area contributed by atoms with Crippen molar-refractivity contribution in [3.05, 3.63) is 30.3 Å². The molecule has 1 aromatic rings. The van der Waals surface area contributed by atoms with Crippen molar-refractivity contribution >= 4 is 23.4 Å². The highest BCUT2D eigenvalue weighted by atomic mass is 14.5. The summed E-state index contributed by atoms with van der Waals surface area (Å²) < 4.78 is 0. The van der Waals surface area contributed by atoms with E-state index in [9.17, 15) is 0 Å². The lowest BCUT2D eigenvalue weighted by atomic mass is 9.49. The maximum Gasteiger partial charge on any atom is 0.169 e.